The predicted octanol–water partition coefficient (Wildman–Crippen LogP) is 3.88. The highest BCUT2D eigenvalue weighted by Gasteiger charge is 2.18. The third-order valence-corrected chi connectivity index (χ3v) is 4.19. The van der Waals surface area contributed by atoms with Gasteiger partial charge >= 0.3 is 0 Å². The average molecular weight is 420 g/mol. The Morgan fingerprint density at radius 2 is 2.06 bits per heavy atom. The van der Waals surface area contributed by atoms with Gasteiger partial charge in [-0.25, -0.2) is 0 Å². The molecule has 1 aromatic heterocycles. The Balaban J connectivity index is 2.44. The van der Waals surface area contributed by atoms with E-state index in [2.05, 4.69) is 69.6 Å². The lowest BCUT2D eigenvalue weighted by Gasteiger charge is -2.18. The molecular weight excluding hydrogens is 405 g/mol. The van der Waals surface area contributed by atoms with E-state index in [9.17, 15) is 0 Å². The number of rotatable bonds is 3. The van der Waals surface area contributed by atoms with Crippen molar-refractivity contribution in [3.63, 3.8) is 0 Å². The Hall–Kier alpha value is -0.400. The quantitative estimate of drug-likeness (QED) is 0.767. The maximum atomic E-state index is 6.37. The van der Waals surface area contributed by atoms with Crippen LogP contribution < -0.4 is 5.73 Å². The lowest BCUT2D eigenvalue weighted by atomic mass is 10.0. The molecule has 3 nitrogen and oxygen atoms in total. The Kier molecular flexibility index (Phi) is 4.45. The van der Waals surface area contributed by atoms with Crippen LogP contribution in [0.5, 0.6) is 0 Å². The fourth-order valence-electron chi connectivity index (χ4n) is 1.91. The largest absolute Gasteiger partial charge is 0.319 e. The first kappa shape index (κ1) is 14.0. The van der Waals surface area contributed by atoms with E-state index in [1.807, 2.05) is 16.8 Å². The van der Waals surface area contributed by atoms with Crippen LogP contribution in [0, 0.1) is 3.57 Å². The second-order valence-corrected chi connectivity index (χ2v) is 6.54. The Bertz CT molecular complexity index is 551. The first-order valence-electron chi connectivity index (χ1n) is 5.74. The third-order valence-electron chi connectivity index (χ3n) is 2.80. The molecule has 0 aliphatic carbocycles. The SMILES string of the molecule is CC(C)n1nccc1C(N)c1cc(I)ccc1Br. The van der Waals surface area contributed by atoms with Gasteiger partial charge in [0, 0.05) is 20.3 Å². The van der Waals surface area contributed by atoms with E-state index < -0.39 is 0 Å². The fourth-order valence-corrected chi connectivity index (χ4v) is 2.92. The van der Waals surface area contributed by atoms with Gasteiger partial charge in [-0.1, -0.05) is 15.9 Å². The summed E-state index contributed by atoms with van der Waals surface area (Å²) in [6.07, 6.45) is 1.80. The molecular formula is C13H15BrIN3. The normalized spacial score (nSPS) is 13.0. The molecule has 5 heteroatoms. The van der Waals surface area contributed by atoms with Gasteiger partial charge in [-0.15, -0.1) is 0 Å². The second-order valence-electron chi connectivity index (χ2n) is 4.44. The van der Waals surface area contributed by atoms with Gasteiger partial charge in [0.05, 0.1) is 11.7 Å². The molecule has 0 spiro atoms. The summed E-state index contributed by atoms with van der Waals surface area (Å²) in [5.74, 6) is 0. The van der Waals surface area contributed by atoms with E-state index in [1.165, 1.54) is 3.57 Å². The Labute approximate surface area is 129 Å². The zero-order valence-corrected chi connectivity index (χ0v) is 14.0. The van der Waals surface area contributed by atoms with Crippen LogP contribution in [-0.4, -0.2) is 9.78 Å². The van der Waals surface area contributed by atoms with Gasteiger partial charge in [-0.3, -0.25) is 4.68 Å². The highest BCUT2D eigenvalue weighted by atomic mass is 127. The molecule has 2 rings (SSSR count). The van der Waals surface area contributed by atoms with Crippen molar-refractivity contribution in [3.8, 4) is 0 Å². The van der Waals surface area contributed by atoms with Gasteiger partial charge < -0.3 is 5.73 Å². The molecule has 0 radical (unpaired) electrons. The standard InChI is InChI=1S/C13H15BrIN3/c1-8(2)18-12(5-6-17-18)13(16)10-7-9(15)3-4-11(10)14/h3-8,13H,16H2,1-2H3. The van der Waals surface area contributed by atoms with Gasteiger partial charge in [-0.2, -0.15) is 5.10 Å². The zero-order valence-electron chi connectivity index (χ0n) is 10.3. The molecule has 0 saturated carbocycles. The molecule has 0 bridgehead atoms. The molecule has 1 atom stereocenters. The summed E-state index contributed by atoms with van der Waals surface area (Å²) in [6.45, 7) is 4.21. The molecule has 2 aromatic rings. The maximum absolute atomic E-state index is 6.37. The van der Waals surface area contributed by atoms with Crippen molar-refractivity contribution in [1.29, 1.82) is 0 Å². The average Bonchev–Trinajstić information content (AvgIpc) is 2.80. The summed E-state index contributed by atoms with van der Waals surface area (Å²) in [6, 6.07) is 8.32. The predicted molar refractivity (Wildman–Crippen MR) is 85.5 cm³/mol. The van der Waals surface area contributed by atoms with Crippen molar-refractivity contribution >= 4 is 38.5 Å². The summed E-state index contributed by atoms with van der Waals surface area (Å²) in [5, 5.41) is 4.33. The summed E-state index contributed by atoms with van der Waals surface area (Å²) >= 11 is 5.86. The van der Waals surface area contributed by atoms with Crippen molar-refractivity contribution in [2.24, 2.45) is 5.73 Å². The highest BCUT2D eigenvalue weighted by molar-refractivity contribution is 14.1. The van der Waals surface area contributed by atoms with Crippen LogP contribution >= 0.6 is 38.5 Å². The van der Waals surface area contributed by atoms with Gasteiger partial charge in [0.1, 0.15) is 0 Å². The van der Waals surface area contributed by atoms with Crippen molar-refractivity contribution < 1.29 is 0 Å². The van der Waals surface area contributed by atoms with Crippen molar-refractivity contribution in [2.75, 3.05) is 0 Å². The second kappa shape index (κ2) is 5.71. The van der Waals surface area contributed by atoms with Crippen molar-refractivity contribution in [2.45, 2.75) is 25.9 Å². The number of nitrogens with two attached hydrogens (primary N) is 1. The molecule has 1 aromatic carbocycles. The highest BCUT2D eigenvalue weighted by Crippen LogP contribution is 2.29. The van der Waals surface area contributed by atoms with E-state index in [1.54, 1.807) is 6.20 Å². The molecule has 1 heterocycles. The number of halogens is 2. The van der Waals surface area contributed by atoms with Crippen LogP contribution in [-0.2, 0) is 0 Å². The molecule has 0 fully saturated rings. The van der Waals surface area contributed by atoms with Crippen LogP contribution in [0.2, 0.25) is 0 Å². The first-order chi connectivity index (χ1) is 8.50. The zero-order chi connectivity index (χ0) is 13.3. The summed E-state index contributed by atoms with van der Waals surface area (Å²) in [4.78, 5) is 0. The Morgan fingerprint density at radius 1 is 1.33 bits per heavy atom. The minimum absolute atomic E-state index is 0.168. The summed E-state index contributed by atoms with van der Waals surface area (Å²) in [5.41, 5.74) is 8.50. The lowest BCUT2D eigenvalue weighted by molar-refractivity contribution is 0.499. The molecule has 1 unspecified atom stereocenters. The number of benzene rings is 1. The topological polar surface area (TPSA) is 43.8 Å². The number of nitrogens with zero attached hydrogens (tertiary/aromatic N) is 2. The molecule has 0 saturated heterocycles. The molecule has 0 aliphatic heterocycles. The van der Waals surface area contributed by atoms with E-state index in [4.69, 9.17) is 5.73 Å². The van der Waals surface area contributed by atoms with Crippen LogP contribution in [0.4, 0.5) is 0 Å². The van der Waals surface area contributed by atoms with Crippen molar-refractivity contribution in [1.82, 2.24) is 9.78 Å². The molecule has 96 valence electrons. The minimum atomic E-state index is -0.168. The first-order valence-corrected chi connectivity index (χ1v) is 7.62. The number of aromatic nitrogens is 2. The number of hydrogen-bond donors (Lipinski definition) is 1. The van der Waals surface area contributed by atoms with E-state index in [0.29, 0.717) is 6.04 Å². The van der Waals surface area contributed by atoms with E-state index in [-0.39, 0.29) is 6.04 Å². The van der Waals surface area contributed by atoms with Gasteiger partial charge in [0.2, 0.25) is 0 Å². The number of hydrogen-bond acceptors (Lipinski definition) is 2. The minimum Gasteiger partial charge on any atom is -0.319 e. The van der Waals surface area contributed by atoms with E-state index in [0.717, 1.165) is 15.7 Å². The third kappa shape index (κ3) is 2.78. The van der Waals surface area contributed by atoms with Gasteiger partial charge in [0.25, 0.3) is 0 Å². The molecule has 18 heavy (non-hydrogen) atoms. The van der Waals surface area contributed by atoms with E-state index >= 15 is 0 Å². The van der Waals surface area contributed by atoms with Gasteiger partial charge in [0.15, 0.2) is 0 Å². The molecule has 2 N–H and O–H groups in total. The van der Waals surface area contributed by atoms with Crippen molar-refractivity contribution in [3.05, 3.63) is 49.8 Å². The maximum Gasteiger partial charge on any atom is 0.0734 e. The van der Waals surface area contributed by atoms with Crippen LogP contribution in [0.25, 0.3) is 0 Å². The van der Waals surface area contributed by atoms with Crippen LogP contribution in [0.1, 0.15) is 37.2 Å². The molecule has 0 amide bonds. The molecule has 0 aliphatic rings. The summed E-state index contributed by atoms with van der Waals surface area (Å²) in [7, 11) is 0. The Morgan fingerprint density at radius 3 is 2.72 bits per heavy atom. The van der Waals surface area contributed by atoms with Crippen LogP contribution in [0.3, 0.4) is 0 Å². The summed E-state index contributed by atoms with van der Waals surface area (Å²) < 4.78 is 4.18. The van der Waals surface area contributed by atoms with Gasteiger partial charge in [-0.05, 0) is 66.3 Å². The lowest BCUT2D eigenvalue weighted by Crippen LogP contribution is -2.19. The smallest absolute Gasteiger partial charge is 0.0734 e. The van der Waals surface area contributed by atoms with Crippen LogP contribution in [0.15, 0.2) is 34.9 Å². The monoisotopic (exact) mass is 419 g/mol. The fraction of sp³-hybridized carbons (Fsp3) is 0.308.